The van der Waals surface area contributed by atoms with Gasteiger partial charge in [-0.05, 0) is 84.3 Å². The molecule has 0 amide bonds. The Morgan fingerprint density at radius 1 is 1.13 bits per heavy atom. The van der Waals surface area contributed by atoms with E-state index in [1.807, 2.05) is 36.4 Å². The molecule has 3 nitrogen and oxygen atoms in total. The molecule has 0 unspecified atom stereocenters. The molecule has 5 rings (SSSR count). The van der Waals surface area contributed by atoms with Gasteiger partial charge in [0, 0.05) is 17.1 Å². The molecule has 3 aliphatic carbocycles. The van der Waals surface area contributed by atoms with Crippen molar-refractivity contribution in [2.45, 2.75) is 71.2 Å². The second kappa shape index (κ2) is 10.6. The highest BCUT2D eigenvalue weighted by molar-refractivity contribution is 6.83. The lowest BCUT2D eigenvalue weighted by molar-refractivity contribution is -0.139. The minimum Gasteiger partial charge on any atom is -0.497 e. The molecule has 0 heterocycles. The highest BCUT2D eigenvalue weighted by atomic mass is 28.3. The molecule has 4 heteroatoms. The number of carbonyl (C=O) groups excluding carboxylic acids is 1. The van der Waals surface area contributed by atoms with Crippen LogP contribution in [0, 0.1) is 28.7 Å². The normalized spacial score (nSPS) is 26.2. The Bertz CT molecular complexity index is 1320. The van der Waals surface area contributed by atoms with E-state index in [0.717, 1.165) is 30.6 Å². The molecule has 2 aromatic rings. The van der Waals surface area contributed by atoms with E-state index >= 15 is 0 Å². The summed E-state index contributed by atoms with van der Waals surface area (Å²) in [5, 5.41) is 0. The van der Waals surface area contributed by atoms with Gasteiger partial charge in [-0.3, -0.25) is 0 Å². The molecule has 4 atom stereocenters. The molecule has 38 heavy (non-hydrogen) atoms. The summed E-state index contributed by atoms with van der Waals surface area (Å²) in [6, 6.07) is 16.5. The third-order valence-corrected chi connectivity index (χ3v) is 9.74. The van der Waals surface area contributed by atoms with Gasteiger partial charge >= 0.3 is 5.97 Å². The number of hydrogen-bond acceptors (Lipinski definition) is 3. The number of methoxy groups -OCH3 is 1. The summed E-state index contributed by atoms with van der Waals surface area (Å²) in [4.78, 5) is 12.6. The average molecular weight is 525 g/mol. The molecule has 0 N–H and O–H groups in total. The van der Waals surface area contributed by atoms with Crippen LogP contribution in [-0.4, -0.2) is 21.2 Å². The third-order valence-electron chi connectivity index (χ3n) is 8.86. The Morgan fingerprint density at radius 2 is 1.92 bits per heavy atom. The number of fused-ring (bicyclic) bond motifs is 5. The second-order valence-corrected chi connectivity index (χ2v) is 17.2. The van der Waals surface area contributed by atoms with Crippen LogP contribution in [-0.2, 0) is 22.6 Å². The van der Waals surface area contributed by atoms with E-state index in [1.54, 1.807) is 13.2 Å². The molecule has 0 bridgehead atoms. The molecule has 2 aromatic carbocycles. The van der Waals surface area contributed by atoms with Crippen LogP contribution in [0.4, 0.5) is 0 Å². The minimum absolute atomic E-state index is 0.0609. The summed E-state index contributed by atoms with van der Waals surface area (Å²) in [5.74, 6) is 6.13. The van der Waals surface area contributed by atoms with E-state index in [2.05, 4.69) is 56.2 Å². The molecule has 0 aromatic heterocycles. The van der Waals surface area contributed by atoms with Crippen LogP contribution in [0.2, 0.25) is 19.6 Å². The summed E-state index contributed by atoms with van der Waals surface area (Å²) in [7, 11) is 0.196. The van der Waals surface area contributed by atoms with E-state index in [-0.39, 0.29) is 11.4 Å². The van der Waals surface area contributed by atoms with E-state index in [9.17, 15) is 4.79 Å². The van der Waals surface area contributed by atoms with Crippen molar-refractivity contribution in [2.75, 3.05) is 7.11 Å². The van der Waals surface area contributed by atoms with Crippen molar-refractivity contribution in [2.24, 2.45) is 17.3 Å². The van der Waals surface area contributed by atoms with Gasteiger partial charge in [-0.2, -0.15) is 0 Å². The fourth-order valence-electron chi connectivity index (χ4n) is 6.97. The number of rotatable bonds is 5. The molecule has 0 radical (unpaired) electrons. The number of carbonyl (C=O) groups is 1. The zero-order valence-corrected chi connectivity index (χ0v) is 24.5. The van der Waals surface area contributed by atoms with Gasteiger partial charge in [-0.15, -0.1) is 5.54 Å². The first-order valence-electron chi connectivity index (χ1n) is 14.0. The van der Waals surface area contributed by atoms with Crippen molar-refractivity contribution in [3.05, 3.63) is 88.5 Å². The van der Waals surface area contributed by atoms with Crippen LogP contribution >= 0.6 is 0 Å². The zero-order chi connectivity index (χ0) is 26.9. The SMILES string of the molecule is COc1ccc2c(c1)CC[C@@H]1[C@@H]2CC[C@]2(C)C(C#C[Si](C)(C)C)=C(/C=C/C(=O)OCc3ccccc3)C[C@@H]12. The molecule has 0 saturated heterocycles. The van der Waals surface area contributed by atoms with E-state index in [1.165, 1.54) is 35.1 Å². The summed E-state index contributed by atoms with van der Waals surface area (Å²) < 4.78 is 11.0. The Balaban J connectivity index is 1.41. The summed E-state index contributed by atoms with van der Waals surface area (Å²) in [6.45, 7) is 9.64. The maximum absolute atomic E-state index is 12.6. The largest absolute Gasteiger partial charge is 0.497 e. The number of aryl methyl sites for hydroxylation is 1. The quantitative estimate of drug-likeness (QED) is 0.174. The van der Waals surface area contributed by atoms with Crippen LogP contribution in [0.1, 0.15) is 55.2 Å². The van der Waals surface area contributed by atoms with Gasteiger partial charge in [-0.25, -0.2) is 4.79 Å². The van der Waals surface area contributed by atoms with Crippen molar-refractivity contribution in [3.8, 4) is 17.2 Å². The summed E-state index contributed by atoms with van der Waals surface area (Å²) in [5.41, 5.74) is 10.2. The smallest absolute Gasteiger partial charge is 0.331 e. The van der Waals surface area contributed by atoms with Gasteiger partial charge in [0.05, 0.1) is 7.11 Å². The highest BCUT2D eigenvalue weighted by Gasteiger charge is 2.53. The first-order valence-corrected chi connectivity index (χ1v) is 17.5. The molecule has 0 spiro atoms. The van der Waals surface area contributed by atoms with Crippen molar-refractivity contribution in [1.29, 1.82) is 0 Å². The topological polar surface area (TPSA) is 35.5 Å². The summed E-state index contributed by atoms with van der Waals surface area (Å²) >= 11 is 0. The number of allylic oxidation sites excluding steroid dienone is 3. The average Bonchev–Trinajstić information content (AvgIpc) is 3.20. The van der Waals surface area contributed by atoms with Crippen LogP contribution in [0.5, 0.6) is 5.75 Å². The van der Waals surface area contributed by atoms with Crippen molar-refractivity contribution in [1.82, 2.24) is 0 Å². The van der Waals surface area contributed by atoms with Crippen molar-refractivity contribution in [3.63, 3.8) is 0 Å². The zero-order valence-electron chi connectivity index (χ0n) is 23.5. The van der Waals surface area contributed by atoms with E-state index in [4.69, 9.17) is 9.47 Å². The molecule has 1 fully saturated rings. The summed E-state index contributed by atoms with van der Waals surface area (Å²) in [6.07, 6.45) is 9.25. The first-order chi connectivity index (χ1) is 18.2. The predicted molar refractivity (Wildman–Crippen MR) is 157 cm³/mol. The fourth-order valence-corrected chi connectivity index (χ4v) is 7.47. The Morgan fingerprint density at radius 3 is 2.66 bits per heavy atom. The van der Waals surface area contributed by atoms with Crippen LogP contribution in [0.3, 0.4) is 0 Å². The number of hydrogen-bond donors (Lipinski definition) is 0. The van der Waals surface area contributed by atoms with Crippen LogP contribution < -0.4 is 4.74 Å². The van der Waals surface area contributed by atoms with Gasteiger partial charge in [0.25, 0.3) is 0 Å². The van der Waals surface area contributed by atoms with E-state index < -0.39 is 8.07 Å². The Hall–Kier alpha value is -3.03. The van der Waals surface area contributed by atoms with Crippen molar-refractivity contribution >= 4 is 14.0 Å². The lowest BCUT2D eigenvalue weighted by Gasteiger charge is -2.49. The van der Waals surface area contributed by atoms with Gasteiger partial charge < -0.3 is 9.47 Å². The van der Waals surface area contributed by atoms with Gasteiger partial charge in [0.2, 0.25) is 0 Å². The Kier molecular flexibility index (Phi) is 7.42. The fraction of sp³-hybridized carbons (Fsp3) is 0.441. The maximum Gasteiger partial charge on any atom is 0.331 e. The van der Waals surface area contributed by atoms with Crippen LogP contribution in [0.15, 0.2) is 71.8 Å². The second-order valence-electron chi connectivity index (χ2n) is 12.5. The lowest BCUT2D eigenvalue weighted by atomic mass is 9.54. The van der Waals surface area contributed by atoms with Crippen molar-refractivity contribution < 1.29 is 14.3 Å². The first kappa shape index (κ1) is 26.6. The molecule has 1 saturated carbocycles. The Labute approximate surface area is 229 Å². The predicted octanol–water partition coefficient (Wildman–Crippen LogP) is 7.64. The lowest BCUT2D eigenvalue weighted by Crippen LogP contribution is -2.41. The third kappa shape index (κ3) is 5.40. The molecule has 3 aliphatic rings. The number of ether oxygens (including phenoxy) is 2. The highest BCUT2D eigenvalue weighted by Crippen LogP contribution is 2.62. The number of benzene rings is 2. The van der Waals surface area contributed by atoms with Gasteiger partial charge in [0.1, 0.15) is 20.4 Å². The maximum atomic E-state index is 12.6. The monoisotopic (exact) mass is 524 g/mol. The standard InChI is InChI=1S/C34H40O3Si/c1-34-19-17-29-28-15-13-27(36-2)21-25(28)11-14-30(29)32(34)22-26(31(34)18-20-38(3,4)5)12-16-33(35)37-23-24-9-7-6-8-10-24/h6-10,12-13,15-16,21,29-30,32H,11,14,17,19,22-23H2,1-5H3/b16-12+/t29-,30-,32+,34-/m1/s1. The van der Waals surface area contributed by atoms with Crippen LogP contribution in [0.25, 0.3) is 0 Å². The van der Waals surface area contributed by atoms with E-state index in [0.29, 0.717) is 24.4 Å². The van der Waals surface area contributed by atoms with Gasteiger partial charge in [0.15, 0.2) is 0 Å². The molecule has 0 aliphatic heterocycles. The number of esters is 1. The minimum atomic E-state index is -1.55. The van der Waals surface area contributed by atoms with Gasteiger partial charge in [-0.1, -0.05) is 75.0 Å². The molecular weight excluding hydrogens is 484 g/mol. The molecular formula is C34H40O3Si. The molecule has 198 valence electrons.